The number of ether oxygens (including phenoxy) is 1. The van der Waals surface area contributed by atoms with Gasteiger partial charge in [0.2, 0.25) is 0 Å². The number of halogens is 1. The van der Waals surface area contributed by atoms with Gasteiger partial charge in [-0.2, -0.15) is 4.79 Å². The summed E-state index contributed by atoms with van der Waals surface area (Å²) in [6.07, 6.45) is 0.120. The Morgan fingerprint density at radius 1 is 1.57 bits per heavy atom. The van der Waals surface area contributed by atoms with Crippen LogP contribution in [0.2, 0.25) is 0 Å². The second-order valence-electron chi connectivity index (χ2n) is 2.96. The number of hydrogen-bond donors (Lipinski definition) is 0. The van der Waals surface area contributed by atoms with Crippen LogP contribution in [0.1, 0.15) is 19.8 Å². The number of carbonyl (C=O) groups is 2. The average molecular weight is 200 g/mol. The molecule has 0 aromatic heterocycles. The van der Waals surface area contributed by atoms with Crippen molar-refractivity contribution >= 4 is 17.5 Å². The molecule has 6 heteroatoms. The van der Waals surface area contributed by atoms with Gasteiger partial charge >= 0.3 is 11.7 Å². The number of nitrogens with zero attached hydrogens (tertiary/aromatic N) is 2. The molecule has 0 saturated heterocycles. The number of carbonyl (C=O) groups excluding carboxylic acids is 2. The molecule has 0 N–H and O–H groups in total. The third-order valence-electron chi connectivity index (χ3n) is 1.88. The van der Waals surface area contributed by atoms with Crippen LogP contribution in [0.25, 0.3) is 5.53 Å². The predicted octanol–water partition coefficient (Wildman–Crippen LogP) is 0.291. The first-order valence-corrected chi connectivity index (χ1v) is 4.18. The van der Waals surface area contributed by atoms with Gasteiger partial charge in [-0.05, 0) is 19.8 Å². The van der Waals surface area contributed by atoms with Crippen LogP contribution in [0, 0.1) is 0 Å². The SMILES string of the molecule is CCOC(=O)C(=[N+]=[N-])C(=O)C1(F)CC1. The fourth-order valence-corrected chi connectivity index (χ4v) is 0.927. The van der Waals surface area contributed by atoms with Crippen LogP contribution in [-0.2, 0) is 14.3 Å². The summed E-state index contributed by atoms with van der Waals surface area (Å²) in [6.45, 7) is 1.56. The van der Waals surface area contributed by atoms with Crippen molar-refractivity contribution in [2.75, 3.05) is 6.61 Å². The average Bonchev–Trinajstić information content (AvgIpc) is 2.86. The highest BCUT2D eigenvalue weighted by Gasteiger charge is 2.57. The summed E-state index contributed by atoms with van der Waals surface area (Å²) in [6, 6.07) is 0. The van der Waals surface area contributed by atoms with E-state index in [1.165, 1.54) is 6.92 Å². The largest absolute Gasteiger partial charge is 0.457 e. The minimum atomic E-state index is -2.02. The highest BCUT2D eigenvalue weighted by atomic mass is 19.1. The molecule has 0 aliphatic heterocycles. The zero-order valence-corrected chi connectivity index (χ0v) is 7.62. The molecule has 76 valence electrons. The molecule has 0 aromatic rings. The molecule has 5 nitrogen and oxygen atoms in total. The molecule has 0 amide bonds. The van der Waals surface area contributed by atoms with Crippen molar-refractivity contribution in [3.8, 4) is 0 Å². The molecule has 0 unspecified atom stereocenters. The van der Waals surface area contributed by atoms with E-state index in [4.69, 9.17) is 5.53 Å². The predicted molar refractivity (Wildman–Crippen MR) is 43.3 cm³/mol. The van der Waals surface area contributed by atoms with Crippen molar-refractivity contribution in [3.63, 3.8) is 0 Å². The monoisotopic (exact) mass is 200 g/mol. The Balaban J connectivity index is 2.78. The van der Waals surface area contributed by atoms with Gasteiger partial charge in [0.05, 0.1) is 6.61 Å². The fraction of sp³-hybridized carbons (Fsp3) is 0.625. The van der Waals surface area contributed by atoms with E-state index >= 15 is 0 Å². The van der Waals surface area contributed by atoms with E-state index in [1.54, 1.807) is 0 Å². The number of esters is 1. The first-order valence-electron chi connectivity index (χ1n) is 4.18. The molecule has 1 aliphatic rings. The zero-order valence-electron chi connectivity index (χ0n) is 7.62. The van der Waals surface area contributed by atoms with Gasteiger partial charge < -0.3 is 10.3 Å². The van der Waals surface area contributed by atoms with Crippen LogP contribution in [0.15, 0.2) is 0 Å². The molecule has 1 rings (SSSR count). The molecule has 0 heterocycles. The maximum atomic E-state index is 13.2. The molecule has 0 atom stereocenters. The summed E-state index contributed by atoms with van der Waals surface area (Å²) in [7, 11) is 0. The summed E-state index contributed by atoms with van der Waals surface area (Å²) < 4.78 is 17.6. The molecule has 0 aromatic carbocycles. The van der Waals surface area contributed by atoms with E-state index < -0.39 is 23.1 Å². The van der Waals surface area contributed by atoms with Gasteiger partial charge in [-0.25, -0.2) is 9.18 Å². The Labute approximate surface area is 79.5 Å². The highest BCUT2D eigenvalue weighted by Crippen LogP contribution is 2.40. The molecule has 1 fully saturated rings. The first-order chi connectivity index (χ1) is 6.55. The summed E-state index contributed by atoms with van der Waals surface area (Å²) in [5, 5.41) is 0. The van der Waals surface area contributed by atoms with Gasteiger partial charge in [-0.3, -0.25) is 4.79 Å². The Kier molecular flexibility index (Phi) is 2.76. The lowest BCUT2D eigenvalue weighted by molar-refractivity contribution is -0.142. The van der Waals surface area contributed by atoms with Gasteiger partial charge in [-0.15, -0.1) is 0 Å². The van der Waals surface area contributed by atoms with Crippen LogP contribution in [-0.4, -0.2) is 34.5 Å². The van der Waals surface area contributed by atoms with E-state index in [2.05, 4.69) is 9.53 Å². The van der Waals surface area contributed by atoms with Gasteiger partial charge in [0.15, 0.2) is 5.67 Å². The lowest BCUT2D eigenvalue weighted by atomic mass is 10.1. The van der Waals surface area contributed by atoms with Crippen molar-refractivity contribution in [2.24, 2.45) is 0 Å². The summed E-state index contributed by atoms with van der Waals surface area (Å²) >= 11 is 0. The van der Waals surface area contributed by atoms with E-state index in [-0.39, 0.29) is 19.4 Å². The molecular formula is C8H9FN2O3. The van der Waals surface area contributed by atoms with Crippen LogP contribution >= 0.6 is 0 Å². The minimum Gasteiger partial charge on any atom is -0.457 e. The smallest absolute Gasteiger partial charge is 0.444 e. The number of hydrogen-bond acceptors (Lipinski definition) is 3. The van der Waals surface area contributed by atoms with Crippen molar-refractivity contribution in [3.05, 3.63) is 5.53 Å². The quantitative estimate of drug-likeness (QED) is 0.215. The summed E-state index contributed by atoms with van der Waals surface area (Å²) in [4.78, 5) is 24.7. The van der Waals surface area contributed by atoms with Crippen LogP contribution < -0.4 is 0 Å². The summed E-state index contributed by atoms with van der Waals surface area (Å²) in [5.74, 6) is -2.19. The third kappa shape index (κ3) is 1.85. The standard InChI is InChI=1S/C8H9FN2O3/c1-2-14-7(13)5(11-10)6(12)8(9)3-4-8/h2-4H2,1H3. The van der Waals surface area contributed by atoms with Crippen molar-refractivity contribution in [1.29, 1.82) is 0 Å². The van der Waals surface area contributed by atoms with Crippen molar-refractivity contribution in [2.45, 2.75) is 25.4 Å². The number of ketones is 1. The van der Waals surface area contributed by atoms with Crippen LogP contribution in [0.4, 0.5) is 4.39 Å². The molecule has 0 spiro atoms. The lowest BCUT2D eigenvalue weighted by Gasteiger charge is -1.99. The maximum absolute atomic E-state index is 13.2. The second kappa shape index (κ2) is 3.67. The molecule has 1 saturated carbocycles. The van der Waals surface area contributed by atoms with Crippen molar-refractivity contribution < 1.29 is 23.5 Å². The topological polar surface area (TPSA) is 79.8 Å². The Hall–Kier alpha value is -1.55. The Morgan fingerprint density at radius 2 is 2.14 bits per heavy atom. The van der Waals surface area contributed by atoms with E-state index in [0.29, 0.717) is 0 Å². The van der Waals surface area contributed by atoms with E-state index in [0.717, 1.165) is 0 Å². The van der Waals surface area contributed by atoms with Crippen LogP contribution in [0.3, 0.4) is 0 Å². The lowest BCUT2D eigenvalue weighted by Crippen LogP contribution is -2.34. The normalized spacial score (nSPS) is 16.7. The van der Waals surface area contributed by atoms with E-state index in [1.807, 2.05) is 0 Å². The van der Waals surface area contributed by atoms with Gasteiger partial charge in [0, 0.05) is 0 Å². The second-order valence-corrected chi connectivity index (χ2v) is 2.96. The Bertz CT molecular complexity index is 329. The Morgan fingerprint density at radius 3 is 2.50 bits per heavy atom. The first kappa shape index (κ1) is 10.5. The highest BCUT2D eigenvalue weighted by molar-refractivity contribution is 6.64. The minimum absolute atomic E-state index is 0.0322. The number of Topliss-reactive ketones (excluding diaryl/α,β-unsaturated/α-hetero) is 1. The summed E-state index contributed by atoms with van der Waals surface area (Å²) in [5.41, 5.74) is 5.50. The maximum Gasteiger partial charge on any atom is 0.444 e. The molecule has 0 radical (unpaired) electrons. The van der Waals surface area contributed by atoms with E-state index in [9.17, 15) is 14.0 Å². The van der Waals surface area contributed by atoms with Crippen LogP contribution in [0.5, 0.6) is 0 Å². The fourth-order valence-electron chi connectivity index (χ4n) is 0.927. The number of alkyl halides is 1. The zero-order chi connectivity index (χ0) is 10.8. The molecule has 1 aliphatic carbocycles. The molecule has 14 heavy (non-hydrogen) atoms. The van der Waals surface area contributed by atoms with Gasteiger partial charge in [-0.1, -0.05) is 0 Å². The number of rotatable bonds is 4. The third-order valence-corrected chi connectivity index (χ3v) is 1.88. The molecular weight excluding hydrogens is 191 g/mol. The van der Waals surface area contributed by atoms with Crippen molar-refractivity contribution in [1.82, 2.24) is 0 Å². The molecule has 0 bridgehead atoms. The van der Waals surface area contributed by atoms with Gasteiger partial charge in [0.25, 0.3) is 5.78 Å². The van der Waals surface area contributed by atoms with Gasteiger partial charge in [0.1, 0.15) is 0 Å².